The molecule has 0 aliphatic rings. The fourth-order valence-corrected chi connectivity index (χ4v) is 2.95. The Bertz CT molecular complexity index is 966. The Morgan fingerprint density at radius 3 is 2.41 bits per heavy atom. The van der Waals surface area contributed by atoms with E-state index in [1.807, 2.05) is 67.6 Å². The van der Waals surface area contributed by atoms with E-state index >= 15 is 0 Å². The minimum Gasteiger partial charge on any atom is -0.456 e. The lowest BCUT2D eigenvalue weighted by Gasteiger charge is -2.12. The molecule has 1 heterocycles. The van der Waals surface area contributed by atoms with Gasteiger partial charge in [0.2, 0.25) is 0 Å². The van der Waals surface area contributed by atoms with Gasteiger partial charge in [-0.3, -0.25) is 0 Å². The Morgan fingerprint density at radius 1 is 0.773 bits per heavy atom. The molecular formula is C20H16O2. The van der Waals surface area contributed by atoms with Gasteiger partial charge >= 0.3 is 0 Å². The van der Waals surface area contributed by atoms with E-state index in [0.29, 0.717) is 0 Å². The molecule has 0 aliphatic carbocycles. The van der Waals surface area contributed by atoms with Crippen LogP contribution in [0, 0.1) is 6.92 Å². The number of para-hydroxylation sites is 1. The number of hydrogen-bond acceptors (Lipinski definition) is 2. The fraction of sp³-hybridized carbons (Fsp3) is 0.100. The molecule has 4 aromatic rings. The molecule has 0 aliphatic heterocycles. The van der Waals surface area contributed by atoms with Crippen molar-refractivity contribution in [3.8, 4) is 0 Å². The molecule has 0 amide bonds. The summed E-state index contributed by atoms with van der Waals surface area (Å²) in [6, 6.07) is 21.9. The number of aliphatic hydroxyl groups excluding tert-OH is 1. The topological polar surface area (TPSA) is 33.4 Å². The monoisotopic (exact) mass is 288 g/mol. The number of aliphatic hydroxyl groups is 1. The molecule has 2 heteroatoms. The van der Waals surface area contributed by atoms with Crippen LogP contribution >= 0.6 is 0 Å². The first-order valence-corrected chi connectivity index (χ1v) is 7.38. The average Bonchev–Trinajstić information content (AvgIpc) is 2.91. The van der Waals surface area contributed by atoms with E-state index in [9.17, 15) is 5.11 Å². The van der Waals surface area contributed by atoms with Crippen LogP contribution < -0.4 is 0 Å². The molecule has 0 radical (unpaired) electrons. The summed E-state index contributed by atoms with van der Waals surface area (Å²) in [5.41, 5.74) is 4.57. The molecule has 1 aromatic heterocycles. The highest BCUT2D eigenvalue weighted by Gasteiger charge is 2.13. The van der Waals surface area contributed by atoms with Gasteiger partial charge in [0.15, 0.2) is 0 Å². The van der Waals surface area contributed by atoms with E-state index in [4.69, 9.17) is 4.42 Å². The van der Waals surface area contributed by atoms with Gasteiger partial charge in [-0.05, 0) is 30.2 Å². The van der Waals surface area contributed by atoms with Crippen molar-refractivity contribution in [1.29, 1.82) is 0 Å². The molecule has 2 nitrogen and oxygen atoms in total. The summed E-state index contributed by atoms with van der Waals surface area (Å²) in [5.74, 6) is 0. The number of furan rings is 1. The highest BCUT2D eigenvalue weighted by atomic mass is 16.3. The van der Waals surface area contributed by atoms with Crippen molar-refractivity contribution in [1.82, 2.24) is 0 Å². The minimum atomic E-state index is -0.641. The molecule has 108 valence electrons. The summed E-state index contributed by atoms with van der Waals surface area (Å²) in [6.45, 7) is 2.03. The van der Waals surface area contributed by atoms with Gasteiger partial charge in [0.05, 0.1) is 0 Å². The first-order chi connectivity index (χ1) is 10.7. The molecule has 0 unspecified atom stereocenters. The highest BCUT2D eigenvalue weighted by Crippen LogP contribution is 2.32. The van der Waals surface area contributed by atoms with Crippen LogP contribution in [0.2, 0.25) is 0 Å². The van der Waals surface area contributed by atoms with Gasteiger partial charge in [-0.15, -0.1) is 0 Å². The maximum Gasteiger partial charge on any atom is 0.135 e. The van der Waals surface area contributed by atoms with E-state index in [-0.39, 0.29) is 0 Å². The molecule has 0 spiro atoms. The van der Waals surface area contributed by atoms with E-state index in [1.165, 1.54) is 0 Å². The summed E-state index contributed by atoms with van der Waals surface area (Å²) in [6.07, 6.45) is -0.641. The first kappa shape index (κ1) is 13.1. The predicted molar refractivity (Wildman–Crippen MR) is 89.0 cm³/mol. The average molecular weight is 288 g/mol. The van der Waals surface area contributed by atoms with Crippen molar-refractivity contribution < 1.29 is 9.52 Å². The van der Waals surface area contributed by atoms with Gasteiger partial charge in [0, 0.05) is 10.8 Å². The number of fused-ring (bicyclic) bond motifs is 3. The SMILES string of the molecule is Cc1cccc([C@H](O)c2ccc3c(c2)oc2ccccc23)c1. The number of hydrogen-bond donors (Lipinski definition) is 1. The van der Waals surface area contributed by atoms with Crippen LogP contribution in [0.4, 0.5) is 0 Å². The molecule has 1 N–H and O–H groups in total. The molecular weight excluding hydrogens is 272 g/mol. The number of aryl methyl sites for hydroxylation is 1. The van der Waals surface area contributed by atoms with Crippen molar-refractivity contribution in [3.05, 3.63) is 83.4 Å². The van der Waals surface area contributed by atoms with Gasteiger partial charge < -0.3 is 9.52 Å². The zero-order chi connectivity index (χ0) is 15.1. The van der Waals surface area contributed by atoms with Crippen molar-refractivity contribution in [2.24, 2.45) is 0 Å². The Hall–Kier alpha value is -2.58. The van der Waals surface area contributed by atoms with Crippen LogP contribution in [0.5, 0.6) is 0 Å². The smallest absolute Gasteiger partial charge is 0.135 e. The van der Waals surface area contributed by atoms with Gasteiger partial charge in [-0.1, -0.05) is 60.2 Å². The Kier molecular flexibility index (Phi) is 2.98. The zero-order valence-electron chi connectivity index (χ0n) is 12.3. The van der Waals surface area contributed by atoms with Crippen LogP contribution in [0.1, 0.15) is 22.8 Å². The largest absolute Gasteiger partial charge is 0.456 e. The predicted octanol–water partition coefficient (Wildman–Crippen LogP) is 4.98. The van der Waals surface area contributed by atoms with Crippen LogP contribution in [0.15, 0.2) is 71.1 Å². The van der Waals surface area contributed by atoms with Crippen LogP contribution in [-0.2, 0) is 0 Å². The quantitative estimate of drug-likeness (QED) is 0.564. The summed E-state index contributed by atoms with van der Waals surface area (Å²) in [5, 5.41) is 12.8. The molecule has 3 aromatic carbocycles. The van der Waals surface area contributed by atoms with Gasteiger partial charge in [-0.2, -0.15) is 0 Å². The Morgan fingerprint density at radius 2 is 1.55 bits per heavy atom. The van der Waals surface area contributed by atoms with Crippen molar-refractivity contribution in [2.45, 2.75) is 13.0 Å². The van der Waals surface area contributed by atoms with E-state index in [1.54, 1.807) is 0 Å². The second kappa shape index (κ2) is 5.00. The third kappa shape index (κ3) is 2.09. The molecule has 0 fully saturated rings. The van der Waals surface area contributed by atoms with E-state index in [2.05, 4.69) is 6.07 Å². The summed E-state index contributed by atoms with van der Waals surface area (Å²) >= 11 is 0. The first-order valence-electron chi connectivity index (χ1n) is 7.38. The van der Waals surface area contributed by atoms with Crippen LogP contribution in [-0.4, -0.2) is 5.11 Å². The lowest BCUT2D eigenvalue weighted by molar-refractivity contribution is 0.220. The van der Waals surface area contributed by atoms with E-state index in [0.717, 1.165) is 38.6 Å². The third-order valence-electron chi connectivity index (χ3n) is 4.08. The van der Waals surface area contributed by atoms with Crippen molar-refractivity contribution in [2.75, 3.05) is 0 Å². The molecule has 0 saturated heterocycles. The van der Waals surface area contributed by atoms with Gasteiger partial charge in [0.25, 0.3) is 0 Å². The van der Waals surface area contributed by atoms with Crippen molar-refractivity contribution >= 4 is 21.9 Å². The molecule has 22 heavy (non-hydrogen) atoms. The Labute approximate surface area is 128 Å². The second-order valence-corrected chi connectivity index (χ2v) is 5.67. The fourth-order valence-electron chi connectivity index (χ4n) is 2.95. The van der Waals surface area contributed by atoms with E-state index < -0.39 is 6.10 Å². The highest BCUT2D eigenvalue weighted by molar-refractivity contribution is 6.04. The molecule has 0 saturated carbocycles. The maximum atomic E-state index is 10.6. The second-order valence-electron chi connectivity index (χ2n) is 5.67. The lowest BCUT2D eigenvalue weighted by atomic mass is 9.99. The summed E-state index contributed by atoms with van der Waals surface area (Å²) in [4.78, 5) is 0. The summed E-state index contributed by atoms with van der Waals surface area (Å²) < 4.78 is 5.89. The normalized spacial score (nSPS) is 12.8. The third-order valence-corrected chi connectivity index (χ3v) is 4.08. The molecule has 1 atom stereocenters. The number of rotatable bonds is 2. The summed E-state index contributed by atoms with van der Waals surface area (Å²) in [7, 11) is 0. The molecule has 4 rings (SSSR count). The van der Waals surface area contributed by atoms with Crippen molar-refractivity contribution in [3.63, 3.8) is 0 Å². The minimum absolute atomic E-state index is 0.641. The van der Waals surface area contributed by atoms with Gasteiger partial charge in [0.1, 0.15) is 17.3 Å². The standard InChI is InChI=1S/C20H16O2/c1-13-5-4-6-14(11-13)20(21)15-9-10-17-16-7-2-3-8-18(16)22-19(17)12-15/h2-12,20-21H,1H3/t20-/m0/s1. The van der Waals surface area contributed by atoms with Crippen LogP contribution in [0.25, 0.3) is 21.9 Å². The van der Waals surface area contributed by atoms with Gasteiger partial charge in [-0.25, -0.2) is 0 Å². The Balaban J connectivity index is 1.84. The maximum absolute atomic E-state index is 10.6. The van der Waals surface area contributed by atoms with Crippen LogP contribution in [0.3, 0.4) is 0 Å². The molecule has 0 bridgehead atoms. The number of benzene rings is 3. The zero-order valence-corrected chi connectivity index (χ0v) is 12.3. The lowest BCUT2D eigenvalue weighted by Crippen LogP contribution is -1.99.